The first-order valence-electron chi connectivity index (χ1n) is 8.56. The summed E-state index contributed by atoms with van der Waals surface area (Å²) < 4.78 is 43.6. The largest absolute Gasteiger partial charge is 0.506 e. The Kier molecular flexibility index (Phi) is 5.71. The summed E-state index contributed by atoms with van der Waals surface area (Å²) in [5.41, 5.74) is 0.383. The van der Waals surface area contributed by atoms with Crippen LogP contribution in [0.5, 0.6) is 5.75 Å². The van der Waals surface area contributed by atoms with Crippen LogP contribution in [0.4, 0.5) is 18.0 Å². The van der Waals surface area contributed by atoms with E-state index in [1.54, 1.807) is 12.1 Å². The third-order valence-corrected chi connectivity index (χ3v) is 3.98. The number of hydrogen-bond acceptors (Lipinski definition) is 5. The molecule has 152 valence electrons. The second-order valence-electron chi connectivity index (χ2n) is 6.07. The van der Waals surface area contributed by atoms with Gasteiger partial charge >= 0.3 is 12.3 Å². The summed E-state index contributed by atoms with van der Waals surface area (Å²) in [6.45, 7) is 3.86. The number of alkyl halides is 3. The quantitative estimate of drug-likeness (QED) is 0.611. The zero-order chi connectivity index (χ0) is 21.0. The number of alkyl carbamates (subject to hydrolysis) is 1. The number of fused-ring (bicyclic) bond motifs is 1. The number of amides is 1. The second-order valence-corrected chi connectivity index (χ2v) is 6.07. The Balaban J connectivity index is 1.79. The molecule has 10 heteroatoms. The predicted molar refractivity (Wildman–Crippen MR) is 98.8 cm³/mol. The number of aromatic hydroxyl groups is 1. The molecule has 0 radical (unpaired) electrons. The number of phenolic OH excluding ortho intramolecular Hbond substituents is 1. The number of nitrogens with zero attached hydrogens (tertiary/aromatic N) is 3. The number of phenols is 1. The van der Waals surface area contributed by atoms with Crippen molar-refractivity contribution >= 4 is 17.1 Å². The molecule has 0 aliphatic carbocycles. The highest BCUT2D eigenvalue weighted by Crippen LogP contribution is 2.31. The van der Waals surface area contributed by atoms with Crippen molar-refractivity contribution in [1.29, 1.82) is 0 Å². The standard InChI is InChI=1S/C19H17F3N4O3/c1-2-8-23-18(28)29-9-7-12-3-6-17(27)16(10-12)26-24-14-5-4-13(19(20,21)22)11-15(14)25-26/h2-6,10-11,27H,1,7-9H2,(H,23,28). The lowest BCUT2D eigenvalue weighted by Crippen LogP contribution is -2.24. The van der Waals surface area contributed by atoms with Crippen LogP contribution in [0.25, 0.3) is 16.7 Å². The fraction of sp³-hybridized carbons (Fsp3) is 0.211. The van der Waals surface area contributed by atoms with Gasteiger partial charge in [-0.2, -0.15) is 13.2 Å². The van der Waals surface area contributed by atoms with E-state index in [1.165, 1.54) is 18.2 Å². The van der Waals surface area contributed by atoms with E-state index in [-0.39, 0.29) is 35.6 Å². The third kappa shape index (κ3) is 4.84. The minimum Gasteiger partial charge on any atom is -0.506 e. The molecule has 3 rings (SSSR count). The van der Waals surface area contributed by atoms with E-state index < -0.39 is 17.8 Å². The van der Waals surface area contributed by atoms with E-state index in [0.29, 0.717) is 12.0 Å². The molecule has 29 heavy (non-hydrogen) atoms. The van der Waals surface area contributed by atoms with E-state index >= 15 is 0 Å². The molecule has 0 saturated carbocycles. The topological polar surface area (TPSA) is 89.3 Å². The van der Waals surface area contributed by atoms with Crippen LogP contribution in [-0.4, -0.2) is 39.3 Å². The molecule has 0 saturated heterocycles. The zero-order valence-corrected chi connectivity index (χ0v) is 15.1. The Morgan fingerprint density at radius 3 is 2.69 bits per heavy atom. The molecule has 0 fully saturated rings. The first kappa shape index (κ1) is 20.2. The van der Waals surface area contributed by atoms with Crippen molar-refractivity contribution in [3.63, 3.8) is 0 Å². The van der Waals surface area contributed by atoms with Crippen LogP contribution in [0.15, 0.2) is 49.1 Å². The fourth-order valence-corrected chi connectivity index (χ4v) is 2.55. The highest BCUT2D eigenvalue weighted by Gasteiger charge is 2.31. The van der Waals surface area contributed by atoms with Crippen LogP contribution in [0, 0.1) is 0 Å². The number of carbonyl (C=O) groups is 1. The molecule has 1 aromatic heterocycles. The van der Waals surface area contributed by atoms with E-state index in [4.69, 9.17) is 4.74 Å². The molecule has 0 spiro atoms. The van der Waals surface area contributed by atoms with Crippen molar-refractivity contribution in [3.05, 3.63) is 60.2 Å². The molecule has 2 aromatic carbocycles. The molecule has 2 N–H and O–H groups in total. The van der Waals surface area contributed by atoms with Crippen molar-refractivity contribution in [2.75, 3.05) is 13.2 Å². The smallest absolute Gasteiger partial charge is 0.416 e. The minimum absolute atomic E-state index is 0.0480. The predicted octanol–water partition coefficient (Wildman–Crippen LogP) is 3.60. The van der Waals surface area contributed by atoms with Gasteiger partial charge in [-0.15, -0.1) is 21.6 Å². The monoisotopic (exact) mass is 406 g/mol. The Morgan fingerprint density at radius 1 is 1.21 bits per heavy atom. The molecule has 0 aliphatic rings. The molecule has 0 aliphatic heterocycles. The van der Waals surface area contributed by atoms with Crippen LogP contribution >= 0.6 is 0 Å². The van der Waals surface area contributed by atoms with Gasteiger partial charge in [-0.25, -0.2) is 4.79 Å². The van der Waals surface area contributed by atoms with E-state index in [1.807, 2.05) is 0 Å². The Morgan fingerprint density at radius 2 is 1.97 bits per heavy atom. The average molecular weight is 406 g/mol. The first-order chi connectivity index (χ1) is 13.8. The van der Waals surface area contributed by atoms with Gasteiger partial charge < -0.3 is 15.2 Å². The van der Waals surface area contributed by atoms with Crippen LogP contribution < -0.4 is 5.32 Å². The molecular formula is C19H17F3N4O3. The van der Waals surface area contributed by atoms with Crippen LogP contribution in [0.3, 0.4) is 0 Å². The van der Waals surface area contributed by atoms with Gasteiger partial charge in [-0.1, -0.05) is 12.1 Å². The van der Waals surface area contributed by atoms with Gasteiger partial charge in [0.15, 0.2) is 0 Å². The molecule has 1 heterocycles. The molecule has 7 nitrogen and oxygen atoms in total. The van der Waals surface area contributed by atoms with Crippen molar-refractivity contribution < 1.29 is 27.8 Å². The lowest BCUT2D eigenvalue weighted by Gasteiger charge is -2.08. The lowest BCUT2D eigenvalue weighted by atomic mass is 10.1. The maximum absolute atomic E-state index is 12.9. The average Bonchev–Trinajstić information content (AvgIpc) is 3.10. The number of nitrogens with one attached hydrogen (secondary N) is 1. The molecule has 0 bridgehead atoms. The summed E-state index contributed by atoms with van der Waals surface area (Å²) in [6.07, 6.45) is -3.19. The zero-order valence-electron chi connectivity index (χ0n) is 15.1. The summed E-state index contributed by atoms with van der Waals surface area (Å²) >= 11 is 0. The fourth-order valence-electron chi connectivity index (χ4n) is 2.55. The van der Waals surface area contributed by atoms with E-state index in [0.717, 1.165) is 16.9 Å². The van der Waals surface area contributed by atoms with Crippen LogP contribution in [0.1, 0.15) is 11.1 Å². The normalized spacial score (nSPS) is 11.4. The summed E-state index contributed by atoms with van der Waals surface area (Å²) in [5.74, 6) is -0.144. The highest BCUT2D eigenvalue weighted by molar-refractivity contribution is 5.75. The van der Waals surface area contributed by atoms with Gasteiger partial charge in [0.25, 0.3) is 0 Å². The summed E-state index contributed by atoms with van der Waals surface area (Å²) in [4.78, 5) is 12.5. The third-order valence-electron chi connectivity index (χ3n) is 3.98. The Bertz CT molecular complexity index is 1050. The molecule has 0 atom stereocenters. The number of rotatable bonds is 6. The van der Waals surface area contributed by atoms with Crippen LogP contribution in [-0.2, 0) is 17.3 Å². The number of carbonyl (C=O) groups excluding carboxylic acids is 1. The molecular weight excluding hydrogens is 389 g/mol. The number of ether oxygens (including phenoxy) is 1. The van der Waals surface area contributed by atoms with E-state index in [9.17, 15) is 23.1 Å². The molecule has 0 unspecified atom stereocenters. The number of halogens is 3. The Hall–Kier alpha value is -3.56. The van der Waals surface area contributed by atoms with Gasteiger partial charge in [0.2, 0.25) is 0 Å². The lowest BCUT2D eigenvalue weighted by molar-refractivity contribution is -0.137. The van der Waals surface area contributed by atoms with Gasteiger partial charge in [0.1, 0.15) is 22.5 Å². The van der Waals surface area contributed by atoms with E-state index in [2.05, 4.69) is 22.1 Å². The van der Waals surface area contributed by atoms with Crippen molar-refractivity contribution in [2.45, 2.75) is 12.6 Å². The molecule has 1 amide bonds. The molecule has 3 aromatic rings. The second kappa shape index (κ2) is 8.21. The maximum Gasteiger partial charge on any atom is 0.416 e. The number of benzene rings is 2. The van der Waals surface area contributed by atoms with Gasteiger partial charge in [-0.05, 0) is 35.9 Å². The summed E-state index contributed by atoms with van der Waals surface area (Å²) in [5, 5.41) is 20.8. The number of aromatic nitrogens is 3. The summed E-state index contributed by atoms with van der Waals surface area (Å²) in [7, 11) is 0. The van der Waals surface area contributed by atoms with Crippen molar-refractivity contribution in [2.24, 2.45) is 0 Å². The van der Waals surface area contributed by atoms with Gasteiger partial charge in [-0.3, -0.25) is 0 Å². The Labute approximate surface area is 163 Å². The SMILES string of the molecule is C=CCNC(=O)OCCc1ccc(O)c(-n2nc3ccc(C(F)(F)F)cc3n2)c1. The van der Waals surface area contributed by atoms with Gasteiger partial charge in [0, 0.05) is 13.0 Å². The first-order valence-corrected chi connectivity index (χ1v) is 8.56. The van der Waals surface area contributed by atoms with Crippen molar-refractivity contribution in [1.82, 2.24) is 20.3 Å². The van der Waals surface area contributed by atoms with Crippen LogP contribution in [0.2, 0.25) is 0 Å². The minimum atomic E-state index is -4.49. The van der Waals surface area contributed by atoms with Gasteiger partial charge in [0.05, 0.1) is 12.2 Å². The van der Waals surface area contributed by atoms with Crippen molar-refractivity contribution in [3.8, 4) is 11.4 Å². The number of hydrogen-bond donors (Lipinski definition) is 2. The summed E-state index contributed by atoms with van der Waals surface area (Å²) in [6, 6.07) is 7.66. The maximum atomic E-state index is 12.9. The highest BCUT2D eigenvalue weighted by atomic mass is 19.4.